The minimum atomic E-state index is -1.34. The van der Waals surface area contributed by atoms with Gasteiger partial charge in [0.1, 0.15) is 11.0 Å². The molecule has 0 aromatic heterocycles. The lowest BCUT2D eigenvalue weighted by Crippen LogP contribution is -2.42. The third-order valence-corrected chi connectivity index (χ3v) is 3.96. The zero-order chi connectivity index (χ0) is 17.3. The number of fused-ring (bicyclic) bond motifs is 1. The topological polar surface area (TPSA) is 69.7 Å². The van der Waals surface area contributed by atoms with Gasteiger partial charge in [-0.3, -0.25) is 14.4 Å². The van der Waals surface area contributed by atoms with Gasteiger partial charge in [0.25, 0.3) is 0 Å². The highest BCUT2D eigenvalue weighted by Crippen LogP contribution is 2.42. The Morgan fingerprint density at radius 3 is 2.43 bits per heavy atom. The van der Waals surface area contributed by atoms with E-state index in [1.807, 2.05) is 12.1 Å². The van der Waals surface area contributed by atoms with Crippen LogP contribution in [-0.2, 0) is 25.5 Å². The summed E-state index contributed by atoms with van der Waals surface area (Å²) in [6.45, 7) is 5.27. The van der Waals surface area contributed by atoms with Crippen LogP contribution < -0.4 is 0 Å². The maximum absolute atomic E-state index is 12.9. The van der Waals surface area contributed by atoms with Gasteiger partial charge in [-0.1, -0.05) is 24.3 Å². The summed E-state index contributed by atoms with van der Waals surface area (Å²) in [5.74, 6) is -1.29. The average molecular weight is 318 g/mol. The second kappa shape index (κ2) is 6.14. The summed E-state index contributed by atoms with van der Waals surface area (Å²) in [6.07, 6.45) is 0.339. The van der Waals surface area contributed by atoms with Crippen molar-refractivity contribution in [2.45, 2.75) is 45.6 Å². The molecule has 1 aromatic rings. The number of ketones is 1. The number of ether oxygens (including phenoxy) is 2. The van der Waals surface area contributed by atoms with E-state index in [1.165, 1.54) is 7.11 Å². The SMILES string of the molecule is COC(=O)CC[C@@]1(C(=O)OC(C)(C)C)Cc2ccccc2C1=O. The maximum atomic E-state index is 12.9. The molecule has 0 bridgehead atoms. The molecule has 1 aliphatic carbocycles. The summed E-state index contributed by atoms with van der Waals surface area (Å²) in [5.41, 5.74) is -0.702. The molecular weight excluding hydrogens is 296 g/mol. The van der Waals surface area contributed by atoms with Crippen LogP contribution in [0.5, 0.6) is 0 Å². The van der Waals surface area contributed by atoms with Crippen molar-refractivity contribution in [2.24, 2.45) is 5.41 Å². The normalized spacial score (nSPS) is 20.1. The molecule has 2 rings (SSSR count). The number of hydrogen-bond acceptors (Lipinski definition) is 5. The first-order valence-corrected chi connectivity index (χ1v) is 7.62. The number of rotatable bonds is 4. The van der Waals surface area contributed by atoms with Gasteiger partial charge >= 0.3 is 11.9 Å². The first-order valence-electron chi connectivity index (χ1n) is 7.62. The zero-order valence-electron chi connectivity index (χ0n) is 14.0. The van der Waals surface area contributed by atoms with Gasteiger partial charge in [-0.15, -0.1) is 0 Å². The Labute approximate surface area is 136 Å². The van der Waals surface area contributed by atoms with E-state index in [0.717, 1.165) is 5.56 Å². The van der Waals surface area contributed by atoms with Gasteiger partial charge in [0.05, 0.1) is 7.11 Å². The fourth-order valence-electron chi connectivity index (χ4n) is 2.82. The largest absolute Gasteiger partial charge is 0.469 e. The summed E-state index contributed by atoms with van der Waals surface area (Å²) >= 11 is 0. The summed E-state index contributed by atoms with van der Waals surface area (Å²) in [6, 6.07) is 7.14. The first-order chi connectivity index (χ1) is 10.7. The minimum Gasteiger partial charge on any atom is -0.469 e. The van der Waals surface area contributed by atoms with Crippen LogP contribution in [0.4, 0.5) is 0 Å². The van der Waals surface area contributed by atoms with Gasteiger partial charge in [0.2, 0.25) is 0 Å². The van der Waals surface area contributed by atoms with E-state index >= 15 is 0 Å². The zero-order valence-corrected chi connectivity index (χ0v) is 14.0. The minimum absolute atomic E-state index is 0.00449. The fraction of sp³-hybridized carbons (Fsp3) is 0.500. The molecule has 0 aliphatic heterocycles. The monoisotopic (exact) mass is 318 g/mol. The average Bonchev–Trinajstić information content (AvgIpc) is 2.77. The Kier molecular flexibility index (Phi) is 4.59. The van der Waals surface area contributed by atoms with E-state index in [4.69, 9.17) is 4.74 Å². The number of methoxy groups -OCH3 is 1. The first kappa shape index (κ1) is 17.2. The van der Waals surface area contributed by atoms with Crippen LogP contribution in [0.15, 0.2) is 24.3 Å². The van der Waals surface area contributed by atoms with Gasteiger partial charge in [0.15, 0.2) is 5.78 Å². The highest BCUT2D eigenvalue weighted by molar-refractivity contribution is 6.16. The van der Waals surface area contributed by atoms with E-state index in [0.29, 0.717) is 5.56 Å². The molecule has 5 nitrogen and oxygen atoms in total. The number of carbonyl (C=O) groups excluding carboxylic acids is 3. The lowest BCUT2D eigenvalue weighted by atomic mass is 9.79. The summed E-state index contributed by atoms with van der Waals surface area (Å²) in [4.78, 5) is 37.2. The van der Waals surface area contributed by atoms with Crippen molar-refractivity contribution < 1.29 is 23.9 Å². The van der Waals surface area contributed by atoms with Crippen molar-refractivity contribution in [2.75, 3.05) is 7.11 Å². The molecule has 1 atom stereocenters. The standard InChI is InChI=1S/C18H22O5/c1-17(2,3)23-16(21)18(10-9-14(19)22-4)11-12-7-5-6-8-13(12)15(18)20/h5-8H,9-11H2,1-4H3/t18-/m1/s1. The lowest BCUT2D eigenvalue weighted by Gasteiger charge is -2.29. The van der Waals surface area contributed by atoms with E-state index in [1.54, 1.807) is 32.9 Å². The van der Waals surface area contributed by atoms with Gasteiger partial charge in [-0.2, -0.15) is 0 Å². The van der Waals surface area contributed by atoms with Crippen molar-refractivity contribution in [1.29, 1.82) is 0 Å². The molecular formula is C18H22O5. The van der Waals surface area contributed by atoms with E-state index in [-0.39, 0.29) is 25.0 Å². The van der Waals surface area contributed by atoms with Crippen molar-refractivity contribution >= 4 is 17.7 Å². The third-order valence-electron chi connectivity index (χ3n) is 3.96. The fourth-order valence-corrected chi connectivity index (χ4v) is 2.82. The van der Waals surface area contributed by atoms with Crippen LogP contribution >= 0.6 is 0 Å². The lowest BCUT2D eigenvalue weighted by molar-refractivity contribution is -0.164. The number of benzene rings is 1. The summed E-state index contributed by atoms with van der Waals surface area (Å²) < 4.78 is 10.1. The molecule has 0 fully saturated rings. The number of esters is 2. The summed E-state index contributed by atoms with van der Waals surface area (Å²) in [5, 5.41) is 0. The van der Waals surface area contributed by atoms with Crippen LogP contribution in [0.25, 0.3) is 0 Å². The molecule has 0 spiro atoms. The molecule has 23 heavy (non-hydrogen) atoms. The molecule has 0 radical (unpaired) electrons. The Morgan fingerprint density at radius 1 is 1.22 bits per heavy atom. The molecule has 0 unspecified atom stereocenters. The van der Waals surface area contributed by atoms with E-state index in [9.17, 15) is 14.4 Å². The van der Waals surface area contributed by atoms with Crippen LogP contribution in [-0.4, -0.2) is 30.4 Å². The molecule has 0 heterocycles. The van der Waals surface area contributed by atoms with Gasteiger partial charge in [0, 0.05) is 12.0 Å². The summed E-state index contributed by atoms with van der Waals surface area (Å²) in [7, 11) is 1.29. The van der Waals surface area contributed by atoms with E-state index in [2.05, 4.69) is 4.74 Å². The predicted octanol–water partition coefficient (Wildman–Crippen LogP) is 2.71. The Morgan fingerprint density at radius 2 is 1.87 bits per heavy atom. The van der Waals surface area contributed by atoms with Gasteiger partial charge in [-0.25, -0.2) is 0 Å². The molecule has 0 N–H and O–H groups in total. The molecule has 0 saturated heterocycles. The molecule has 0 amide bonds. The number of hydrogen-bond donors (Lipinski definition) is 0. The number of Topliss-reactive ketones (excluding diaryl/α,β-unsaturated/α-hetero) is 1. The van der Waals surface area contributed by atoms with Gasteiger partial charge < -0.3 is 9.47 Å². The van der Waals surface area contributed by atoms with Crippen molar-refractivity contribution in [1.82, 2.24) is 0 Å². The number of carbonyl (C=O) groups is 3. The Hall–Kier alpha value is -2.17. The second-order valence-corrected chi connectivity index (χ2v) is 6.82. The highest BCUT2D eigenvalue weighted by Gasteiger charge is 2.53. The van der Waals surface area contributed by atoms with Crippen LogP contribution in [0, 0.1) is 5.41 Å². The molecule has 124 valence electrons. The molecule has 5 heteroatoms. The van der Waals surface area contributed by atoms with Gasteiger partial charge in [-0.05, 0) is 39.2 Å². The maximum Gasteiger partial charge on any atom is 0.320 e. The van der Waals surface area contributed by atoms with Crippen LogP contribution in [0.1, 0.15) is 49.5 Å². The van der Waals surface area contributed by atoms with Crippen molar-refractivity contribution in [3.8, 4) is 0 Å². The highest BCUT2D eigenvalue weighted by atomic mass is 16.6. The molecule has 1 aromatic carbocycles. The second-order valence-electron chi connectivity index (χ2n) is 6.82. The third kappa shape index (κ3) is 3.44. The smallest absolute Gasteiger partial charge is 0.320 e. The quantitative estimate of drug-likeness (QED) is 0.630. The van der Waals surface area contributed by atoms with Crippen LogP contribution in [0.2, 0.25) is 0 Å². The van der Waals surface area contributed by atoms with Crippen molar-refractivity contribution in [3.05, 3.63) is 35.4 Å². The molecule has 0 saturated carbocycles. The van der Waals surface area contributed by atoms with Crippen molar-refractivity contribution in [3.63, 3.8) is 0 Å². The Balaban J connectivity index is 2.36. The Bertz CT molecular complexity index is 641. The predicted molar refractivity (Wildman–Crippen MR) is 84.0 cm³/mol. The van der Waals surface area contributed by atoms with Crippen LogP contribution in [0.3, 0.4) is 0 Å². The molecule has 1 aliphatic rings. The van der Waals surface area contributed by atoms with E-state index < -0.39 is 23.0 Å².